The molecule has 0 aliphatic carbocycles. The van der Waals surface area contributed by atoms with Crippen LogP contribution in [0.1, 0.15) is 36.9 Å². The molecule has 1 saturated heterocycles. The Bertz CT molecular complexity index is 738. The maximum Gasteiger partial charge on any atom is 0.244 e. The molecule has 3 nitrogen and oxygen atoms in total. The molecule has 0 bridgehead atoms. The van der Waals surface area contributed by atoms with Crippen LogP contribution in [0, 0.1) is 6.92 Å². The molecular weight excluding hydrogens is 294 g/mol. The molecule has 1 heterocycles. The molecule has 1 unspecified atom stereocenters. The molecule has 3 rings (SSSR count). The molecule has 0 aromatic heterocycles. The van der Waals surface area contributed by atoms with Gasteiger partial charge in [0.2, 0.25) is 10.0 Å². The lowest BCUT2D eigenvalue weighted by Gasteiger charge is -2.07. The van der Waals surface area contributed by atoms with Crippen molar-refractivity contribution in [2.45, 2.75) is 43.7 Å². The van der Waals surface area contributed by atoms with Crippen molar-refractivity contribution < 1.29 is 8.42 Å². The number of hydrogen-bond donors (Lipinski definition) is 0. The van der Waals surface area contributed by atoms with Crippen molar-refractivity contribution in [1.82, 2.24) is 4.31 Å². The minimum atomic E-state index is -3.42. The number of hydrogen-bond acceptors (Lipinski definition) is 2. The zero-order valence-corrected chi connectivity index (χ0v) is 13.8. The van der Waals surface area contributed by atoms with Gasteiger partial charge in [0.05, 0.1) is 10.9 Å². The van der Waals surface area contributed by atoms with Crippen LogP contribution in [-0.2, 0) is 10.0 Å². The van der Waals surface area contributed by atoms with E-state index < -0.39 is 10.0 Å². The Morgan fingerprint density at radius 3 is 2.23 bits per heavy atom. The molecule has 2 aromatic carbocycles. The smallest absolute Gasteiger partial charge is 0.207 e. The monoisotopic (exact) mass is 315 g/mol. The third-order valence-electron chi connectivity index (χ3n) is 4.20. The van der Waals surface area contributed by atoms with Gasteiger partial charge in [-0.2, -0.15) is 4.31 Å². The second kappa shape index (κ2) is 5.86. The SMILES string of the molecule is CCC[C@H]1[C@H](c2ccccc2)N1S(=O)(=O)c1ccc(C)cc1. The minimum Gasteiger partial charge on any atom is -0.207 e. The first-order chi connectivity index (χ1) is 10.6. The Balaban J connectivity index is 1.93. The molecule has 3 atom stereocenters. The van der Waals surface area contributed by atoms with Crippen molar-refractivity contribution in [3.05, 3.63) is 65.7 Å². The molecule has 0 radical (unpaired) electrons. The fourth-order valence-corrected chi connectivity index (χ4v) is 4.82. The summed E-state index contributed by atoms with van der Waals surface area (Å²) in [6.07, 6.45) is 1.87. The number of rotatable bonds is 5. The molecular formula is C18H21NO2S. The molecule has 1 fully saturated rings. The summed E-state index contributed by atoms with van der Waals surface area (Å²) in [5.41, 5.74) is 2.14. The van der Waals surface area contributed by atoms with Crippen molar-refractivity contribution >= 4 is 10.0 Å². The Hall–Kier alpha value is -1.65. The van der Waals surface area contributed by atoms with Crippen molar-refractivity contribution in [2.75, 3.05) is 0 Å². The van der Waals surface area contributed by atoms with Crippen LogP contribution in [0.25, 0.3) is 0 Å². The quantitative estimate of drug-likeness (QED) is 0.785. The van der Waals surface area contributed by atoms with Crippen molar-refractivity contribution in [3.63, 3.8) is 0 Å². The second-order valence-corrected chi connectivity index (χ2v) is 7.70. The van der Waals surface area contributed by atoms with Gasteiger partial charge in [0.15, 0.2) is 0 Å². The molecule has 22 heavy (non-hydrogen) atoms. The van der Waals surface area contributed by atoms with Gasteiger partial charge in [-0.15, -0.1) is 0 Å². The topological polar surface area (TPSA) is 37.1 Å². The average Bonchev–Trinajstić information content (AvgIpc) is 3.24. The van der Waals surface area contributed by atoms with E-state index in [-0.39, 0.29) is 12.1 Å². The van der Waals surface area contributed by atoms with E-state index in [1.165, 1.54) is 0 Å². The van der Waals surface area contributed by atoms with Gasteiger partial charge in [0.25, 0.3) is 0 Å². The molecule has 0 N–H and O–H groups in total. The van der Waals surface area contributed by atoms with Gasteiger partial charge in [0, 0.05) is 6.04 Å². The summed E-state index contributed by atoms with van der Waals surface area (Å²) in [6.45, 7) is 4.05. The number of sulfonamides is 1. The Morgan fingerprint density at radius 1 is 1.00 bits per heavy atom. The molecule has 2 aromatic rings. The summed E-state index contributed by atoms with van der Waals surface area (Å²) in [6, 6.07) is 17.1. The van der Waals surface area contributed by atoms with E-state index >= 15 is 0 Å². The lowest BCUT2D eigenvalue weighted by molar-refractivity contribution is 0.541. The van der Waals surface area contributed by atoms with Crippen LogP contribution in [0.5, 0.6) is 0 Å². The van der Waals surface area contributed by atoms with Crippen LogP contribution < -0.4 is 0 Å². The average molecular weight is 315 g/mol. The highest BCUT2D eigenvalue weighted by molar-refractivity contribution is 7.89. The van der Waals surface area contributed by atoms with E-state index in [1.54, 1.807) is 16.4 Å². The zero-order chi connectivity index (χ0) is 15.7. The summed E-state index contributed by atoms with van der Waals surface area (Å²) >= 11 is 0. The summed E-state index contributed by atoms with van der Waals surface area (Å²) in [5, 5.41) is 0. The van der Waals surface area contributed by atoms with Crippen molar-refractivity contribution in [1.29, 1.82) is 0 Å². The third-order valence-corrected chi connectivity index (χ3v) is 6.12. The van der Waals surface area contributed by atoms with Crippen molar-refractivity contribution in [2.24, 2.45) is 0 Å². The molecule has 116 valence electrons. The van der Waals surface area contributed by atoms with Crippen LogP contribution in [0.2, 0.25) is 0 Å². The van der Waals surface area contributed by atoms with E-state index in [0.717, 1.165) is 24.0 Å². The van der Waals surface area contributed by atoms with Gasteiger partial charge in [-0.25, -0.2) is 8.42 Å². The number of benzene rings is 2. The third kappa shape index (κ3) is 2.69. The van der Waals surface area contributed by atoms with Crippen LogP contribution >= 0.6 is 0 Å². The maximum atomic E-state index is 12.9. The van der Waals surface area contributed by atoms with E-state index in [9.17, 15) is 8.42 Å². The van der Waals surface area contributed by atoms with Gasteiger partial charge in [0.1, 0.15) is 0 Å². The van der Waals surface area contributed by atoms with Gasteiger partial charge < -0.3 is 0 Å². The lowest BCUT2D eigenvalue weighted by Crippen LogP contribution is -2.15. The number of nitrogens with zero attached hydrogens (tertiary/aromatic N) is 1. The Morgan fingerprint density at radius 2 is 1.64 bits per heavy atom. The van der Waals surface area contributed by atoms with Gasteiger partial charge >= 0.3 is 0 Å². The first-order valence-corrected chi connectivity index (χ1v) is 9.15. The molecule has 1 aliphatic heterocycles. The summed E-state index contributed by atoms with van der Waals surface area (Å²) in [5.74, 6) is 0. The Labute approximate surface area is 132 Å². The van der Waals surface area contributed by atoms with Gasteiger partial charge in [-0.3, -0.25) is 0 Å². The highest BCUT2D eigenvalue weighted by atomic mass is 32.2. The summed E-state index contributed by atoms with van der Waals surface area (Å²) in [7, 11) is -3.42. The Kier molecular flexibility index (Phi) is 4.06. The highest BCUT2D eigenvalue weighted by Gasteiger charge is 2.55. The normalized spacial score (nSPS) is 24.2. The fourth-order valence-electron chi connectivity index (χ4n) is 3.02. The first kappa shape index (κ1) is 15.3. The maximum absolute atomic E-state index is 12.9. The molecule has 1 aliphatic rings. The molecule has 0 saturated carbocycles. The summed E-state index contributed by atoms with van der Waals surface area (Å²) < 4.78 is 27.5. The van der Waals surface area contributed by atoms with Gasteiger partial charge in [-0.05, 0) is 31.0 Å². The standard InChI is InChI=1S/C18H21NO2S/c1-3-7-17-18(15-8-5-4-6-9-15)19(17)22(20,21)16-12-10-14(2)11-13-16/h4-6,8-13,17-18H,3,7H2,1-2H3/t17-,18-,19?/m0/s1. The van der Waals surface area contributed by atoms with Crippen LogP contribution in [0.3, 0.4) is 0 Å². The van der Waals surface area contributed by atoms with E-state index in [0.29, 0.717) is 4.90 Å². The largest absolute Gasteiger partial charge is 0.244 e. The molecule has 4 heteroatoms. The second-order valence-electron chi connectivity index (χ2n) is 5.86. The van der Waals surface area contributed by atoms with Gasteiger partial charge in [-0.1, -0.05) is 61.4 Å². The first-order valence-electron chi connectivity index (χ1n) is 7.71. The molecule has 0 spiro atoms. The van der Waals surface area contributed by atoms with Crippen LogP contribution in [-0.4, -0.2) is 18.8 Å². The molecule has 0 amide bonds. The minimum absolute atomic E-state index is 0.0209. The number of aryl methyl sites for hydroxylation is 1. The zero-order valence-electron chi connectivity index (χ0n) is 12.9. The van der Waals surface area contributed by atoms with E-state index in [1.807, 2.05) is 49.4 Å². The van der Waals surface area contributed by atoms with E-state index in [2.05, 4.69) is 6.92 Å². The van der Waals surface area contributed by atoms with Crippen molar-refractivity contribution in [3.8, 4) is 0 Å². The fraction of sp³-hybridized carbons (Fsp3) is 0.333. The predicted molar refractivity (Wildman–Crippen MR) is 88.1 cm³/mol. The summed E-state index contributed by atoms with van der Waals surface area (Å²) in [4.78, 5) is 0.387. The predicted octanol–water partition coefficient (Wildman–Crippen LogP) is 3.91. The van der Waals surface area contributed by atoms with E-state index in [4.69, 9.17) is 0 Å². The van der Waals surface area contributed by atoms with Crippen LogP contribution in [0.15, 0.2) is 59.5 Å². The highest BCUT2D eigenvalue weighted by Crippen LogP contribution is 2.49. The lowest BCUT2D eigenvalue weighted by atomic mass is 10.1. The van der Waals surface area contributed by atoms with Crippen LogP contribution in [0.4, 0.5) is 0 Å².